The molecule has 1 aromatic heterocycles. The van der Waals surface area contributed by atoms with Crippen molar-refractivity contribution < 1.29 is 0 Å². The summed E-state index contributed by atoms with van der Waals surface area (Å²) in [5, 5.41) is 0. The van der Waals surface area contributed by atoms with Crippen LogP contribution in [0, 0.1) is 17.3 Å². The van der Waals surface area contributed by atoms with E-state index in [1.165, 1.54) is 55.2 Å². The van der Waals surface area contributed by atoms with E-state index in [4.69, 9.17) is 15.0 Å². The molecule has 0 unspecified atom stereocenters. The van der Waals surface area contributed by atoms with Crippen LogP contribution in [0.5, 0.6) is 0 Å². The van der Waals surface area contributed by atoms with Gasteiger partial charge in [0.2, 0.25) is 0 Å². The van der Waals surface area contributed by atoms with E-state index < -0.39 is 0 Å². The third-order valence-electron chi connectivity index (χ3n) is 10.9. The van der Waals surface area contributed by atoms with E-state index >= 15 is 0 Å². The van der Waals surface area contributed by atoms with Gasteiger partial charge in [-0.25, -0.2) is 9.98 Å². The Morgan fingerprint density at radius 3 is 2.16 bits per heavy atom. The van der Waals surface area contributed by atoms with Crippen LogP contribution in [0.25, 0.3) is 11.3 Å². The number of aliphatic imine (C=N–C) groups is 3. The van der Waals surface area contributed by atoms with E-state index in [0.29, 0.717) is 11.8 Å². The highest BCUT2D eigenvalue weighted by Gasteiger charge is 2.56. The van der Waals surface area contributed by atoms with Crippen molar-refractivity contribution in [2.75, 3.05) is 6.54 Å². The SMILES string of the molecule is C=N/C(=N\C(=N/CC1CCCC1)c1ccc(-c2ccc3c(c2)C(C)(C)C(C)(C)C3(C)C)nc1)C1CCCC1. The Bertz CT molecular complexity index is 1230. The number of fused-ring (bicyclic) bond motifs is 1. The minimum atomic E-state index is 0.0743. The van der Waals surface area contributed by atoms with Gasteiger partial charge in [-0.15, -0.1) is 0 Å². The normalized spacial score (nSPS) is 23.1. The van der Waals surface area contributed by atoms with E-state index in [2.05, 4.69) is 83.6 Å². The summed E-state index contributed by atoms with van der Waals surface area (Å²) in [6.07, 6.45) is 11.9. The van der Waals surface area contributed by atoms with Crippen LogP contribution in [0.1, 0.15) is 110 Å². The Morgan fingerprint density at radius 2 is 1.53 bits per heavy atom. The molecule has 0 saturated heterocycles. The summed E-state index contributed by atoms with van der Waals surface area (Å²) in [7, 11) is 0. The summed E-state index contributed by atoms with van der Waals surface area (Å²) in [5.41, 5.74) is 6.37. The van der Waals surface area contributed by atoms with Gasteiger partial charge in [0.1, 0.15) is 5.84 Å². The molecule has 1 heterocycles. The maximum atomic E-state index is 5.04. The lowest BCUT2D eigenvalue weighted by atomic mass is 9.59. The number of pyridine rings is 1. The third-order valence-corrected chi connectivity index (χ3v) is 10.9. The molecule has 2 saturated carbocycles. The highest BCUT2D eigenvalue weighted by molar-refractivity contribution is 6.07. The largest absolute Gasteiger partial charge is 0.266 e. The zero-order valence-electron chi connectivity index (χ0n) is 24.5. The summed E-state index contributed by atoms with van der Waals surface area (Å²) in [5.74, 6) is 2.69. The van der Waals surface area contributed by atoms with E-state index in [1.54, 1.807) is 0 Å². The first-order chi connectivity index (χ1) is 18.1. The van der Waals surface area contributed by atoms with Crippen LogP contribution in [-0.2, 0) is 10.8 Å². The Labute approximate surface area is 230 Å². The molecule has 0 radical (unpaired) electrons. The van der Waals surface area contributed by atoms with E-state index in [1.807, 2.05) is 6.20 Å². The predicted molar refractivity (Wildman–Crippen MR) is 162 cm³/mol. The van der Waals surface area contributed by atoms with Crippen LogP contribution in [0.2, 0.25) is 0 Å². The summed E-state index contributed by atoms with van der Waals surface area (Å²) in [6, 6.07) is 11.2. The molecule has 0 aliphatic heterocycles. The highest BCUT2D eigenvalue weighted by atomic mass is 15.0. The second kappa shape index (κ2) is 10.2. The van der Waals surface area contributed by atoms with Crippen molar-refractivity contribution in [3.05, 3.63) is 53.2 Å². The van der Waals surface area contributed by atoms with Gasteiger partial charge in [0, 0.05) is 29.8 Å². The number of rotatable bonds is 5. The van der Waals surface area contributed by atoms with Gasteiger partial charge in [-0.2, -0.15) is 0 Å². The summed E-state index contributed by atoms with van der Waals surface area (Å²) < 4.78 is 0. The van der Waals surface area contributed by atoms with E-state index in [0.717, 1.165) is 42.3 Å². The van der Waals surface area contributed by atoms with Gasteiger partial charge in [-0.1, -0.05) is 79.4 Å². The number of benzene rings is 1. The number of amidine groups is 2. The van der Waals surface area contributed by atoms with Gasteiger partial charge >= 0.3 is 0 Å². The standard InChI is InChI=1S/C34H46N4/c1-32(2)27-18-16-25(20-28(27)33(3,4)34(32,5)6)29-19-17-26(22-36-29)31(37-21-23-12-8-9-13-23)38-30(35-7)24-14-10-11-15-24/h16-20,22-24H,7-15,21H2,1-6H3/b37-31-,38-30-. The van der Waals surface area contributed by atoms with Crippen molar-refractivity contribution in [3.63, 3.8) is 0 Å². The minimum Gasteiger partial charge on any atom is -0.266 e. The van der Waals surface area contributed by atoms with Crippen LogP contribution in [0.3, 0.4) is 0 Å². The van der Waals surface area contributed by atoms with Crippen LogP contribution < -0.4 is 0 Å². The van der Waals surface area contributed by atoms with Gasteiger partial charge < -0.3 is 0 Å². The van der Waals surface area contributed by atoms with Crippen molar-refractivity contribution in [1.29, 1.82) is 0 Å². The molecule has 0 bridgehead atoms. The first-order valence-electron chi connectivity index (χ1n) is 14.8. The maximum Gasteiger partial charge on any atom is 0.158 e. The molecule has 4 heteroatoms. The smallest absolute Gasteiger partial charge is 0.158 e. The highest BCUT2D eigenvalue weighted by Crippen LogP contribution is 2.61. The third kappa shape index (κ3) is 4.58. The molecular formula is C34H46N4. The van der Waals surface area contributed by atoms with Crippen molar-refractivity contribution in [1.82, 2.24) is 4.98 Å². The monoisotopic (exact) mass is 510 g/mol. The molecule has 0 N–H and O–H groups in total. The first kappa shape index (κ1) is 27.0. The summed E-state index contributed by atoms with van der Waals surface area (Å²) >= 11 is 0. The average molecular weight is 511 g/mol. The molecule has 2 fully saturated rings. The molecular weight excluding hydrogens is 464 g/mol. The molecule has 38 heavy (non-hydrogen) atoms. The van der Waals surface area contributed by atoms with Gasteiger partial charge in [0.05, 0.1) is 5.69 Å². The Morgan fingerprint density at radius 1 is 0.868 bits per heavy atom. The number of aromatic nitrogens is 1. The van der Waals surface area contributed by atoms with E-state index in [9.17, 15) is 0 Å². The van der Waals surface area contributed by atoms with Crippen molar-refractivity contribution in [3.8, 4) is 11.3 Å². The molecule has 202 valence electrons. The summed E-state index contributed by atoms with van der Waals surface area (Å²) in [6.45, 7) is 19.1. The molecule has 3 aliphatic carbocycles. The Kier molecular flexibility index (Phi) is 7.22. The zero-order valence-corrected chi connectivity index (χ0v) is 24.5. The predicted octanol–water partition coefficient (Wildman–Crippen LogP) is 8.57. The quantitative estimate of drug-likeness (QED) is 0.293. The zero-order chi connectivity index (χ0) is 27.1. The first-order valence-corrected chi connectivity index (χ1v) is 14.8. The van der Waals surface area contributed by atoms with Crippen molar-refractivity contribution >= 4 is 18.4 Å². The molecule has 1 aromatic carbocycles. The van der Waals surface area contributed by atoms with Gasteiger partial charge in [0.25, 0.3) is 0 Å². The lowest BCUT2D eigenvalue weighted by Gasteiger charge is -2.44. The topological polar surface area (TPSA) is 50.0 Å². The molecule has 3 aliphatic rings. The lowest BCUT2D eigenvalue weighted by molar-refractivity contribution is 0.125. The fourth-order valence-corrected chi connectivity index (χ4v) is 7.07. The molecule has 5 rings (SSSR count). The van der Waals surface area contributed by atoms with Crippen LogP contribution in [-0.4, -0.2) is 29.9 Å². The average Bonchev–Trinajstić information content (AvgIpc) is 3.65. The minimum absolute atomic E-state index is 0.0743. The number of hydrogen-bond donors (Lipinski definition) is 0. The number of hydrogen-bond acceptors (Lipinski definition) is 2. The van der Waals surface area contributed by atoms with Gasteiger partial charge in [0.15, 0.2) is 5.84 Å². The fraction of sp³-hybridized carbons (Fsp3) is 0.588. The lowest BCUT2D eigenvalue weighted by Crippen LogP contribution is -2.42. The molecule has 0 atom stereocenters. The molecule has 2 aromatic rings. The van der Waals surface area contributed by atoms with Crippen LogP contribution in [0.4, 0.5) is 0 Å². The van der Waals surface area contributed by atoms with Crippen molar-refractivity contribution in [2.24, 2.45) is 32.2 Å². The molecule has 0 amide bonds. The fourth-order valence-electron chi connectivity index (χ4n) is 7.07. The molecule has 4 nitrogen and oxygen atoms in total. The van der Waals surface area contributed by atoms with Crippen LogP contribution in [0.15, 0.2) is 51.5 Å². The van der Waals surface area contributed by atoms with Crippen LogP contribution >= 0.6 is 0 Å². The second-order valence-corrected chi connectivity index (χ2v) is 13.5. The Hall–Kier alpha value is -2.62. The number of nitrogens with zero attached hydrogens (tertiary/aromatic N) is 4. The maximum absolute atomic E-state index is 5.04. The van der Waals surface area contributed by atoms with Gasteiger partial charge in [-0.05, 0) is 83.9 Å². The Balaban J connectivity index is 1.47. The van der Waals surface area contributed by atoms with Crippen molar-refractivity contribution in [2.45, 2.75) is 104 Å². The van der Waals surface area contributed by atoms with Gasteiger partial charge in [-0.3, -0.25) is 9.98 Å². The molecule has 0 spiro atoms. The summed E-state index contributed by atoms with van der Waals surface area (Å²) in [4.78, 5) is 19.3. The second-order valence-electron chi connectivity index (χ2n) is 13.5. The van der Waals surface area contributed by atoms with E-state index in [-0.39, 0.29) is 16.2 Å².